The molecule has 0 saturated heterocycles. The molecule has 3 unspecified atom stereocenters. The fourth-order valence-electron chi connectivity index (χ4n) is 8.82. The molecule has 7 rings (SSSR count). The third kappa shape index (κ3) is 4.47. The van der Waals surface area contributed by atoms with Crippen molar-refractivity contribution in [1.82, 2.24) is 0 Å². The fraction of sp³-hybridized carbons (Fsp3) is 0.559. The Morgan fingerprint density at radius 3 is 2.57 bits per heavy atom. The van der Waals surface area contributed by atoms with E-state index in [0.29, 0.717) is 35.5 Å². The molecule has 2 aromatic carbocycles. The first-order valence-corrected chi connectivity index (χ1v) is 15.3. The van der Waals surface area contributed by atoms with Gasteiger partial charge in [-0.2, -0.15) is 13.2 Å². The number of methoxy groups -OCH3 is 1. The van der Waals surface area contributed by atoms with Gasteiger partial charge in [-0.15, -0.1) is 0 Å². The van der Waals surface area contributed by atoms with Gasteiger partial charge in [0.25, 0.3) is 5.91 Å². The van der Waals surface area contributed by atoms with Gasteiger partial charge in [0.2, 0.25) is 0 Å². The maximum Gasteiger partial charge on any atom is 0.419 e. The highest BCUT2D eigenvalue weighted by atomic mass is 19.4. The first-order valence-electron chi connectivity index (χ1n) is 15.3. The molecule has 5 saturated carbocycles. The number of hydrogen-bond donors (Lipinski definition) is 1. The van der Waals surface area contributed by atoms with E-state index in [9.17, 15) is 27.5 Å². The Morgan fingerprint density at radius 1 is 1.10 bits per heavy atom. The molecule has 0 aliphatic heterocycles. The van der Waals surface area contributed by atoms with E-state index in [-0.39, 0.29) is 35.6 Å². The number of anilines is 1. The molecule has 0 aromatic heterocycles. The normalized spacial score (nSPS) is 32.6. The third-order valence-electron chi connectivity index (χ3n) is 11.1. The smallest absolute Gasteiger partial charge is 0.419 e. The maximum atomic E-state index is 14.7. The van der Waals surface area contributed by atoms with Crippen LogP contribution in [0.3, 0.4) is 0 Å². The van der Waals surface area contributed by atoms with Crippen molar-refractivity contribution < 1.29 is 32.2 Å². The lowest BCUT2D eigenvalue weighted by Gasteiger charge is -2.46. The molecule has 1 amide bonds. The van der Waals surface area contributed by atoms with Crippen molar-refractivity contribution in [3.05, 3.63) is 70.6 Å². The summed E-state index contributed by atoms with van der Waals surface area (Å²) in [6, 6.07) is 8.28. The third-order valence-corrected chi connectivity index (χ3v) is 11.1. The van der Waals surface area contributed by atoms with E-state index in [2.05, 4.69) is 6.08 Å². The number of hydrogen-bond acceptors (Lipinski definition) is 3. The van der Waals surface area contributed by atoms with Gasteiger partial charge in [0, 0.05) is 24.3 Å². The monoisotopic (exact) mass is 583 g/mol. The Morgan fingerprint density at radius 2 is 1.90 bits per heavy atom. The number of fused-ring (bicyclic) bond motifs is 3. The second-order valence-electron chi connectivity index (χ2n) is 13.3. The van der Waals surface area contributed by atoms with Crippen LogP contribution in [0, 0.1) is 35.4 Å². The first kappa shape index (κ1) is 27.9. The van der Waals surface area contributed by atoms with Crippen LogP contribution in [-0.2, 0) is 11.6 Å². The van der Waals surface area contributed by atoms with Crippen LogP contribution in [0.1, 0.15) is 79.3 Å². The van der Waals surface area contributed by atoms with Gasteiger partial charge in [0.1, 0.15) is 11.6 Å². The van der Waals surface area contributed by atoms with Gasteiger partial charge in [0.15, 0.2) is 0 Å². The first-order chi connectivity index (χ1) is 20.1. The number of rotatable bonds is 7. The average molecular weight is 584 g/mol. The van der Waals surface area contributed by atoms with E-state index in [4.69, 9.17) is 4.74 Å². The number of carbonyl (C=O) groups excluding carboxylic acids is 1. The highest BCUT2D eigenvalue weighted by molar-refractivity contribution is 6.08. The predicted molar refractivity (Wildman–Crippen MR) is 151 cm³/mol. The van der Waals surface area contributed by atoms with Crippen LogP contribution in [0.15, 0.2) is 48.0 Å². The SMILES string of the molecule is COc1ccc(C23CCC2CC(CO)C3)cc1C(=O)N(c1ccc(F)c(C(F)(F)F)c1)[C@@H]1C[C@H]2CC[C@@H]1/C2=C\C1CC1. The molecule has 4 nitrogen and oxygen atoms in total. The van der Waals surface area contributed by atoms with E-state index in [1.54, 1.807) is 6.07 Å². The lowest BCUT2D eigenvalue weighted by molar-refractivity contribution is -0.139. The van der Waals surface area contributed by atoms with Gasteiger partial charge in [-0.25, -0.2) is 4.39 Å². The van der Waals surface area contributed by atoms with E-state index in [1.165, 1.54) is 23.6 Å². The zero-order chi connectivity index (χ0) is 29.4. The van der Waals surface area contributed by atoms with Crippen LogP contribution in [0.2, 0.25) is 0 Å². The topological polar surface area (TPSA) is 49.8 Å². The molecule has 5 aliphatic carbocycles. The van der Waals surface area contributed by atoms with Crippen LogP contribution < -0.4 is 9.64 Å². The van der Waals surface area contributed by atoms with Crippen LogP contribution >= 0.6 is 0 Å². The number of benzene rings is 2. The molecule has 224 valence electrons. The van der Waals surface area contributed by atoms with Crippen molar-refractivity contribution >= 4 is 11.6 Å². The van der Waals surface area contributed by atoms with Crippen molar-refractivity contribution in [3.8, 4) is 5.75 Å². The number of carbonyl (C=O) groups is 1. The number of amides is 1. The minimum absolute atomic E-state index is 0.0606. The standard InChI is InChI=1S/C34H37F4NO3/c1-42-31-9-5-22(33-11-10-23(33)12-20(17-33)18-40)15-27(31)32(41)39(24-6-8-29(35)28(16-24)34(36,37)38)30-14-21-4-7-25(30)26(21)13-19-2-3-19/h5-6,8-9,13,15-16,19-21,23,25,30,40H,2-4,7,10-12,14,17-18H2,1H3/b26-13-/t20?,21-,23?,25-,30-,33?/m1/s1. The zero-order valence-corrected chi connectivity index (χ0v) is 23.8. The summed E-state index contributed by atoms with van der Waals surface area (Å²) in [4.78, 5) is 16.2. The predicted octanol–water partition coefficient (Wildman–Crippen LogP) is 7.68. The van der Waals surface area contributed by atoms with E-state index < -0.39 is 23.5 Å². The lowest BCUT2D eigenvalue weighted by Crippen LogP contribution is -2.44. The fourth-order valence-corrected chi connectivity index (χ4v) is 8.82. The number of nitrogens with zero attached hydrogens (tertiary/aromatic N) is 1. The zero-order valence-electron chi connectivity index (χ0n) is 23.8. The van der Waals surface area contributed by atoms with Gasteiger partial charge in [-0.05, 0) is 123 Å². The van der Waals surface area contributed by atoms with Crippen molar-refractivity contribution in [2.45, 2.75) is 75.4 Å². The Hall–Kier alpha value is -2.87. The number of alkyl halides is 3. The molecule has 0 heterocycles. The summed E-state index contributed by atoms with van der Waals surface area (Å²) >= 11 is 0. The van der Waals surface area contributed by atoms with Crippen molar-refractivity contribution in [3.63, 3.8) is 0 Å². The van der Waals surface area contributed by atoms with E-state index in [1.807, 2.05) is 12.1 Å². The van der Waals surface area contributed by atoms with E-state index in [0.717, 1.165) is 69.1 Å². The molecule has 5 fully saturated rings. The number of ether oxygens (including phenoxy) is 1. The van der Waals surface area contributed by atoms with Gasteiger partial charge in [0.05, 0.1) is 18.2 Å². The summed E-state index contributed by atoms with van der Waals surface area (Å²) in [5, 5.41) is 9.87. The highest BCUT2D eigenvalue weighted by Crippen LogP contribution is 2.61. The van der Waals surface area contributed by atoms with Gasteiger partial charge >= 0.3 is 6.18 Å². The van der Waals surface area contributed by atoms with Crippen LogP contribution in [0.5, 0.6) is 5.75 Å². The molecule has 6 atom stereocenters. The molecule has 42 heavy (non-hydrogen) atoms. The van der Waals surface area contributed by atoms with E-state index >= 15 is 0 Å². The van der Waals surface area contributed by atoms with Gasteiger partial charge in [-0.3, -0.25) is 4.79 Å². The molecule has 0 spiro atoms. The van der Waals surface area contributed by atoms with Crippen molar-refractivity contribution in [2.24, 2.45) is 29.6 Å². The minimum Gasteiger partial charge on any atom is -0.496 e. The molecular formula is C34H37F4NO3. The van der Waals surface area contributed by atoms with Crippen LogP contribution in [0.25, 0.3) is 0 Å². The lowest BCUT2D eigenvalue weighted by atomic mass is 9.58. The molecule has 2 bridgehead atoms. The number of allylic oxidation sites excluding steroid dienone is 1. The second kappa shape index (κ2) is 10.1. The van der Waals surface area contributed by atoms with Crippen LogP contribution in [-0.4, -0.2) is 30.8 Å². The minimum atomic E-state index is -4.89. The number of halogens is 4. The highest BCUT2D eigenvalue weighted by Gasteiger charge is 2.54. The Kier molecular flexibility index (Phi) is 6.72. The summed E-state index contributed by atoms with van der Waals surface area (Å²) in [6.07, 6.45) is 6.24. The molecular weight excluding hydrogens is 546 g/mol. The van der Waals surface area contributed by atoms with Gasteiger partial charge < -0.3 is 14.7 Å². The summed E-state index contributed by atoms with van der Waals surface area (Å²) in [7, 11) is 1.49. The molecule has 2 aromatic rings. The quantitative estimate of drug-likeness (QED) is 0.269. The molecule has 0 radical (unpaired) electrons. The molecule has 5 aliphatic rings. The number of aliphatic hydroxyl groups excluding tert-OH is 1. The summed E-state index contributed by atoms with van der Waals surface area (Å²) in [6.45, 7) is 0.140. The summed E-state index contributed by atoms with van der Waals surface area (Å²) < 4.78 is 61.6. The molecule has 8 heteroatoms. The second-order valence-corrected chi connectivity index (χ2v) is 13.3. The molecule has 1 N–H and O–H groups in total. The average Bonchev–Trinajstić information content (AvgIpc) is 3.55. The van der Waals surface area contributed by atoms with Crippen molar-refractivity contribution in [1.29, 1.82) is 0 Å². The largest absolute Gasteiger partial charge is 0.496 e. The van der Waals surface area contributed by atoms with Gasteiger partial charge in [-0.1, -0.05) is 17.7 Å². The van der Waals surface area contributed by atoms with Crippen molar-refractivity contribution in [2.75, 3.05) is 18.6 Å². The van der Waals surface area contributed by atoms with Crippen LogP contribution in [0.4, 0.5) is 23.2 Å². The Bertz CT molecular complexity index is 1430. The Labute approximate surface area is 243 Å². The summed E-state index contributed by atoms with van der Waals surface area (Å²) in [5.74, 6) is 0.214. The Balaban J connectivity index is 1.32. The summed E-state index contributed by atoms with van der Waals surface area (Å²) in [5.41, 5.74) is 1.27. The number of aliphatic hydroxyl groups is 1. The maximum absolute atomic E-state index is 14.7.